The van der Waals surface area contributed by atoms with Gasteiger partial charge in [0.05, 0.1) is 11.0 Å². The van der Waals surface area contributed by atoms with Gasteiger partial charge < -0.3 is 13.5 Å². The average Bonchev–Trinajstić information content (AvgIpc) is 3.40. The molecule has 0 amide bonds. The van der Waals surface area contributed by atoms with Gasteiger partial charge in [0.2, 0.25) is 5.82 Å². The Morgan fingerprint density at radius 3 is 2.09 bits per heavy atom. The van der Waals surface area contributed by atoms with Crippen molar-refractivity contribution in [3.63, 3.8) is 0 Å². The molecule has 3 heterocycles. The predicted octanol–water partition coefficient (Wildman–Crippen LogP) is 5.67. The Kier molecular flexibility index (Phi) is 6.48. The normalized spacial score (nSPS) is 14.9. The Hall–Kier alpha value is -4.34. The number of aryl methyl sites for hydroxylation is 1. The first kappa shape index (κ1) is 27.5. The minimum atomic E-state index is -2.86. The van der Waals surface area contributed by atoms with Gasteiger partial charge in [0.1, 0.15) is 23.1 Å². The maximum atomic E-state index is 13.8. The monoisotopic (exact) mass is 589 g/mol. The summed E-state index contributed by atoms with van der Waals surface area (Å²) in [7, 11) is -2.86. The second-order valence-electron chi connectivity index (χ2n) is 12.4. The largest absolute Gasteiger partial charge is 0.393 e. The smallest absolute Gasteiger partial charge is 0.277 e. The van der Waals surface area contributed by atoms with E-state index >= 15 is 0 Å². The minimum absolute atomic E-state index is 0.121. The van der Waals surface area contributed by atoms with Gasteiger partial charge in [-0.05, 0) is 46.8 Å². The molecule has 3 aromatic heterocycles. The highest BCUT2D eigenvalue weighted by atomic mass is 28.4. The zero-order valence-corrected chi connectivity index (χ0v) is 25.9. The number of aromatic nitrogens is 5. The lowest BCUT2D eigenvalue weighted by atomic mass is 10.2. The number of fused-ring (bicyclic) bond motifs is 3. The number of para-hydroxylation sites is 2. The van der Waals surface area contributed by atoms with Crippen LogP contribution < -0.4 is 15.9 Å². The lowest BCUT2D eigenvalue weighted by Crippen LogP contribution is -2.67. The molecule has 0 saturated heterocycles. The Balaban J connectivity index is 1.35. The third-order valence-corrected chi connectivity index (χ3v) is 13.7. The van der Waals surface area contributed by atoms with Crippen LogP contribution in [0.1, 0.15) is 52.8 Å². The van der Waals surface area contributed by atoms with E-state index in [1.165, 1.54) is 10.4 Å². The van der Waals surface area contributed by atoms with Crippen LogP contribution >= 0.6 is 0 Å². The van der Waals surface area contributed by atoms with Crippen LogP contribution in [0, 0.1) is 0 Å². The maximum absolute atomic E-state index is 13.8. The Labute approximate surface area is 251 Å². The summed E-state index contributed by atoms with van der Waals surface area (Å²) in [5.41, 5.74) is 1.80. The molecule has 0 radical (unpaired) electrons. The van der Waals surface area contributed by atoms with Gasteiger partial charge in [0.25, 0.3) is 19.8 Å². The SMILES string of the molecule is CCCn1c(=O)c2c(-c3noc(C4(O[Si](c5ccccc5)(c5ccccc5)C(C)(C)C)CC4)n3)ncn2c2ccccc21. The molecule has 218 valence electrons. The highest BCUT2D eigenvalue weighted by molar-refractivity contribution is 6.99. The molecule has 0 bridgehead atoms. The molecule has 1 aliphatic carbocycles. The van der Waals surface area contributed by atoms with Crippen molar-refractivity contribution in [2.45, 2.75) is 64.1 Å². The molecule has 0 aliphatic heterocycles. The van der Waals surface area contributed by atoms with Crippen molar-refractivity contribution in [2.75, 3.05) is 0 Å². The van der Waals surface area contributed by atoms with Crippen LogP contribution in [0.5, 0.6) is 0 Å². The summed E-state index contributed by atoms with van der Waals surface area (Å²) >= 11 is 0. The molecule has 1 fully saturated rings. The summed E-state index contributed by atoms with van der Waals surface area (Å²) < 4.78 is 17.1. The molecule has 9 heteroatoms. The highest BCUT2D eigenvalue weighted by Gasteiger charge is 2.61. The molecule has 1 saturated carbocycles. The first-order valence-corrected chi connectivity index (χ1v) is 16.8. The van der Waals surface area contributed by atoms with Crippen molar-refractivity contribution in [3.8, 4) is 11.5 Å². The van der Waals surface area contributed by atoms with Crippen LogP contribution in [0.3, 0.4) is 0 Å². The van der Waals surface area contributed by atoms with Crippen LogP contribution in [0.2, 0.25) is 5.04 Å². The predicted molar refractivity (Wildman–Crippen MR) is 170 cm³/mol. The summed E-state index contributed by atoms with van der Waals surface area (Å²) in [6.45, 7) is 9.45. The fourth-order valence-electron chi connectivity index (χ4n) is 6.40. The standard InChI is InChI=1S/C34H35N5O3Si/c1-5-22-38-26-18-12-13-19-27(26)39-23-35-28(29(39)31(38)40)30-36-32(41-37-30)34(20-21-34)42-43(33(2,3)4,24-14-8-6-9-15-24)25-16-10-7-11-17-25/h6-19,23H,5,20-22H2,1-4H3. The molecule has 0 spiro atoms. The number of hydrogen-bond donors (Lipinski definition) is 0. The van der Waals surface area contributed by atoms with Gasteiger partial charge in [-0.2, -0.15) is 4.98 Å². The quantitative estimate of drug-likeness (QED) is 0.213. The molecule has 6 aromatic rings. The Morgan fingerprint density at radius 1 is 0.907 bits per heavy atom. The van der Waals surface area contributed by atoms with Gasteiger partial charge in [0, 0.05) is 6.54 Å². The van der Waals surface area contributed by atoms with Crippen molar-refractivity contribution >= 4 is 35.2 Å². The van der Waals surface area contributed by atoms with E-state index in [4.69, 9.17) is 13.9 Å². The van der Waals surface area contributed by atoms with E-state index in [2.05, 4.69) is 86.4 Å². The Bertz CT molecular complexity index is 1950. The number of imidazole rings is 1. The molecule has 1 aliphatic rings. The summed E-state index contributed by atoms with van der Waals surface area (Å²) in [5, 5.41) is 6.57. The lowest BCUT2D eigenvalue weighted by molar-refractivity contribution is 0.122. The van der Waals surface area contributed by atoms with Crippen LogP contribution in [0.15, 0.2) is 101 Å². The van der Waals surface area contributed by atoms with Crippen LogP contribution in [0.25, 0.3) is 28.1 Å². The number of rotatable bonds is 8. The second-order valence-corrected chi connectivity index (χ2v) is 16.7. The number of nitrogens with zero attached hydrogens (tertiary/aromatic N) is 5. The molecular formula is C34H35N5O3Si. The number of benzene rings is 3. The molecule has 43 heavy (non-hydrogen) atoms. The van der Waals surface area contributed by atoms with Gasteiger partial charge in [0.15, 0.2) is 0 Å². The topological polar surface area (TPSA) is 87.5 Å². The van der Waals surface area contributed by atoms with E-state index < -0.39 is 13.9 Å². The third kappa shape index (κ3) is 4.29. The lowest BCUT2D eigenvalue weighted by Gasteiger charge is -2.44. The molecule has 0 unspecified atom stereocenters. The van der Waals surface area contributed by atoms with Gasteiger partial charge in [-0.1, -0.05) is 106 Å². The zero-order valence-electron chi connectivity index (χ0n) is 24.9. The highest BCUT2D eigenvalue weighted by Crippen LogP contribution is 2.53. The molecular weight excluding hydrogens is 554 g/mol. The van der Waals surface area contributed by atoms with Crippen molar-refractivity contribution in [1.82, 2.24) is 24.1 Å². The Morgan fingerprint density at radius 2 is 1.51 bits per heavy atom. The minimum Gasteiger partial charge on any atom is -0.393 e. The van der Waals surface area contributed by atoms with Crippen molar-refractivity contribution in [2.24, 2.45) is 0 Å². The first-order chi connectivity index (χ1) is 20.8. The van der Waals surface area contributed by atoms with E-state index in [9.17, 15) is 4.79 Å². The van der Waals surface area contributed by atoms with Crippen LogP contribution in [0.4, 0.5) is 0 Å². The van der Waals surface area contributed by atoms with E-state index in [1.54, 1.807) is 6.33 Å². The maximum Gasteiger partial charge on any atom is 0.277 e. The molecule has 3 aromatic carbocycles. The summed E-state index contributed by atoms with van der Waals surface area (Å²) in [5.74, 6) is 0.733. The molecule has 0 N–H and O–H groups in total. The zero-order chi connectivity index (χ0) is 29.8. The van der Waals surface area contributed by atoms with Crippen molar-refractivity contribution in [1.29, 1.82) is 0 Å². The van der Waals surface area contributed by atoms with Gasteiger partial charge in [-0.25, -0.2) is 4.98 Å². The van der Waals surface area contributed by atoms with Crippen LogP contribution in [-0.4, -0.2) is 32.4 Å². The van der Waals surface area contributed by atoms with Crippen LogP contribution in [-0.2, 0) is 16.6 Å². The number of hydrogen-bond acceptors (Lipinski definition) is 6. The summed E-state index contributed by atoms with van der Waals surface area (Å²) in [4.78, 5) is 23.3. The molecule has 0 atom stereocenters. The van der Waals surface area contributed by atoms with Crippen molar-refractivity contribution < 1.29 is 8.95 Å². The van der Waals surface area contributed by atoms with E-state index in [0.29, 0.717) is 29.5 Å². The van der Waals surface area contributed by atoms with Gasteiger partial charge >= 0.3 is 0 Å². The first-order valence-electron chi connectivity index (χ1n) is 14.9. The summed E-state index contributed by atoms with van der Waals surface area (Å²) in [6, 6.07) is 29.0. The van der Waals surface area contributed by atoms with E-state index in [0.717, 1.165) is 30.3 Å². The molecule has 8 nitrogen and oxygen atoms in total. The van der Waals surface area contributed by atoms with E-state index in [1.807, 2.05) is 45.4 Å². The molecule has 7 rings (SSSR count). The summed E-state index contributed by atoms with van der Waals surface area (Å²) in [6.07, 6.45) is 4.05. The van der Waals surface area contributed by atoms with Gasteiger partial charge in [-0.15, -0.1) is 0 Å². The average molecular weight is 590 g/mol. The fraction of sp³-hybridized carbons (Fsp3) is 0.294. The third-order valence-electron chi connectivity index (χ3n) is 8.59. The van der Waals surface area contributed by atoms with Crippen molar-refractivity contribution in [3.05, 3.63) is 108 Å². The van der Waals surface area contributed by atoms with E-state index in [-0.39, 0.29) is 10.6 Å². The van der Waals surface area contributed by atoms with Gasteiger partial charge in [-0.3, -0.25) is 9.20 Å². The fourth-order valence-corrected chi connectivity index (χ4v) is 11.2. The second kappa shape index (κ2) is 10.1.